The molecule has 6 heterocycles. The zero-order valence-electron chi connectivity index (χ0n) is 26.4. The second-order valence-electron chi connectivity index (χ2n) is 12.9. The van der Waals surface area contributed by atoms with Gasteiger partial charge in [0.1, 0.15) is 11.2 Å². The number of nitrogens with one attached hydrogen (secondary N) is 1. The number of halogens is 2. The van der Waals surface area contributed by atoms with Crippen molar-refractivity contribution >= 4 is 32.2 Å². The molecule has 3 aromatic rings. The molecule has 0 unspecified atom stereocenters. The summed E-state index contributed by atoms with van der Waals surface area (Å²) in [5.74, 6) is -2.87. The number of ether oxygens (including phenoxy) is 1. The molecule has 1 N–H and O–H groups in total. The number of aryl methyl sites for hydroxylation is 2. The van der Waals surface area contributed by atoms with E-state index in [9.17, 15) is 18.0 Å². The van der Waals surface area contributed by atoms with Gasteiger partial charge in [-0.1, -0.05) is 18.2 Å². The van der Waals surface area contributed by atoms with Crippen LogP contribution in [0.1, 0.15) is 49.8 Å². The monoisotopic (exact) mass is 660 g/mol. The number of fused-ring (bicyclic) bond motifs is 9. The van der Waals surface area contributed by atoms with E-state index in [1.807, 2.05) is 6.92 Å². The fraction of sp³-hybridized carbons (Fsp3) is 0.594. The van der Waals surface area contributed by atoms with Crippen molar-refractivity contribution in [1.82, 2.24) is 19.2 Å². The van der Waals surface area contributed by atoms with Gasteiger partial charge < -0.3 is 24.4 Å². The van der Waals surface area contributed by atoms with Gasteiger partial charge in [0, 0.05) is 65.0 Å². The molecule has 2 aromatic heterocycles. The number of alkyl halides is 2. The summed E-state index contributed by atoms with van der Waals surface area (Å²) in [5.41, 5.74) is 0.214. The molecule has 0 spiro atoms. The molecule has 4 aliphatic rings. The standard InChI is InChI=1S/C32H42F2N6O5S/c1-22-24-7-5-8-25(17-24)32(33,34)19-23-20-38(21-23)9-3-4-13-45-14-6-10-40-28-26(29(35-22)36-37(2)31(28)42)18-27(30(40)41)39-11-15-46(43,44)16-12-39/h5,7-8,17-18,22-23H,3-4,6,9-16,19-21H2,1-2H3,(H,35,36)/t22-/m1/s1. The molecule has 4 aliphatic heterocycles. The Bertz CT molecular complexity index is 1810. The van der Waals surface area contributed by atoms with Crippen molar-refractivity contribution in [3.8, 4) is 0 Å². The number of nitrogens with zero attached hydrogens (tertiary/aromatic N) is 5. The van der Waals surface area contributed by atoms with Crippen LogP contribution in [0.3, 0.4) is 0 Å². The van der Waals surface area contributed by atoms with Crippen molar-refractivity contribution in [2.75, 3.05) is 67.7 Å². The van der Waals surface area contributed by atoms with Crippen LogP contribution in [0.25, 0.3) is 10.9 Å². The van der Waals surface area contributed by atoms with Crippen molar-refractivity contribution < 1.29 is 21.9 Å². The summed E-state index contributed by atoms with van der Waals surface area (Å²) in [6.07, 6.45) is 2.02. The molecule has 0 radical (unpaired) electrons. The summed E-state index contributed by atoms with van der Waals surface area (Å²) in [7, 11) is -1.69. The van der Waals surface area contributed by atoms with Crippen molar-refractivity contribution in [2.45, 2.75) is 51.1 Å². The fourth-order valence-electron chi connectivity index (χ4n) is 6.72. The third-order valence-electron chi connectivity index (χ3n) is 9.38. The highest BCUT2D eigenvalue weighted by Gasteiger charge is 2.39. The average Bonchev–Trinajstić information content (AvgIpc) is 2.99. The minimum absolute atomic E-state index is 0.0363. The van der Waals surface area contributed by atoms with Crippen LogP contribution in [-0.4, -0.2) is 85.1 Å². The number of pyridine rings is 1. The summed E-state index contributed by atoms with van der Waals surface area (Å²) in [6.45, 7) is 5.49. The Labute approximate surface area is 267 Å². The molecule has 1 atom stereocenters. The predicted octanol–water partition coefficient (Wildman–Crippen LogP) is 3.12. The highest BCUT2D eigenvalue weighted by atomic mass is 32.2. The molecule has 7 rings (SSSR count). The number of aromatic nitrogens is 3. The molecule has 2 saturated heterocycles. The lowest BCUT2D eigenvalue weighted by atomic mass is 9.89. The van der Waals surface area contributed by atoms with Gasteiger partial charge in [0.15, 0.2) is 15.7 Å². The lowest BCUT2D eigenvalue weighted by molar-refractivity contribution is -0.0570. The minimum Gasteiger partial charge on any atom is -0.381 e. The number of rotatable bonds is 1. The van der Waals surface area contributed by atoms with Crippen LogP contribution in [0.2, 0.25) is 0 Å². The van der Waals surface area contributed by atoms with Crippen molar-refractivity contribution in [2.24, 2.45) is 13.0 Å². The SMILES string of the molecule is C[C@H]1Nc2nn(C)c(=O)c3c2cc(N2CCS(=O)(=O)CC2)c(=O)n3CCCOCCCCN2CC(C2)CC(F)(F)c2cccc1c2. The lowest BCUT2D eigenvalue weighted by Crippen LogP contribution is -2.48. The maximum atomic E-state index is 15.5. The second-order valence-corrected chi connectivity index (χ2v) is 15.2. The number of sulfone groups is 1. The normalized spacial score (nSPS) is 25.6. The molecule has 46 heavy (non-hydrogen) atoms. The van der Waals surface area contributed by atoms with Crippen LogP contribution in [0.15, 0.2) is 39.9 Å². The summed E-state index contributed by atoms with van der Waals surface area (Å²) in [5, 5.41) is 8.22. The molecule has 250 valence electrons. The number of hydrogen-bond donors (Lipinski definition) is 1. The number of benzene rings is 1. The van der Waals surface area contributed by atoms with Crippen LogP contribution in [0, 0.1) is 5.92 Å². The molecule has 0 saturated carbocycles. The first-order valence-corrected chi connectivity index (χ1v) is 17.9. The van der Waals surface area contributed by atoms with Gasteiger partial charge in [-0.05, 0) is 56.3 Å². The smallest absolute Gasteiger partial charge is 0.291 e. The van der Waals surface area contributed by atoms with Gasteiger partial charge in [-0.15, -0.1) is 0 Å². The Morgan fingerprint density at radius 1 is 0.978 bits per heavy atom. The molecule has 2 fully saturated rings. The summed E-state index contributed by atoms with van der Waals surface area (Å²) < 4.78 is 63.8. The van der Waals surface area contributed by atoms with Gasteiger partial charge in [0.25, 0.3) is 17.0 Å². The van der Waals surface area contributed by atoms with E-state index in [4.69, 9.17) is 4.74 Å². The van der Waals surface area contributed by atoms with Gasteiger partial charge >= 0.3 is 0 Å². The van der Waals surface area contributed by atoms with Gasteiger partial charge in [-0.3, -0.25) is 9.59 Å². The van der Waals surface area contributed by atoms with E-state index in [1.165, 1.54) is 28.4 Å². The molecule has 0 aliphatic carbocycles. The lowest BCUT2D eigenvalue weighted by Gasteiger charge is -2.41. The largest absolute Gasteiger partial charge is 0.381 e. The van der Waals surface area contributed by atoms with E-state index in [0.717, 1.165) is 19.4 Å². The summed E-state index contributed by atoms with van der Waals surface area (Å²) >= 11 is 0. The maximum absolute atomic E-state index is 15.5. The Morgan fingerprint density at radius 2 is 1.72 bits per heavy atom. The van der Waals surface area contributed by atoms with Gasteiger partial charge in [0.05, 0.1) is 22.9 Å². The van der Waals surface area contributed by atoms with E-state index in [-0.39, 0.29) is 60.1 Å². The van der Waals surface area contributed by atoms with Crippen LogP contribution in [0.4, 0.5) is 20.3 Å². The molecular formula is C32H42F2N6O5S. The van der Waals surface area contributed by atoms with Crippen LogP contribution < -0.4 is 21.3 Å². The number of anilines is 2. The van der Waals surface area contributed by atoms with E-state index in [0.29, 0.717) is 55.2 Å². The molecule has 0 amide bonds. The Kier molecular flexibility index (Phi) is 9.23. The van der Waals surface area contributed by atoms with Crippen molar-refractivity contribution in [1.29, 1.82) is 0 Å². The Hall–Kier alpha value is -3.36. The molecule has 1 aromatic carbocycles. The van der Waals surface area contributed by atoms with E-state index >= 15 is 8.78 Å². The summed E-state index contributed by atoms with van der Waals surface area (Å²) in [4.78, 5) is 31.5. The molecule has 11 nitrogen and oxygen atoms in total. The highest BCUT2D eigenvalue weighted by Crippen LogP contribution is 2.39. The highest BCUT2D eigenvalue weighted by molar-refractivity contribution is 7.91. The maximum Gasteiger partial charge on any atom is 0.291 e. The van der Waals surface area contributed by atoms with Gasteiger partial charge in [0.2, 0.25) is 0 Å². The van der Waals surface area contributed by atoms with E-state index in [2.05, 4.69) is 15.3 Å². The zero-order chi connectivity index (χ0) is 32.6. The minimum atomic E-state index is -3.20. The molecule has 8 bridgehead atoms. The van der Waals surface area contributed by atoms with Crippen molar-refractivity contribution in [3.05, 3.63) is 62.2 Å². The van der Waals surface area contributed by atoms with E-state index < -0.39 is 27.4 Å². The zero-order valence-corrected chi connectivity index (χ0v) is 27.2. The third kappa shape index (κ3) is 6.84. The van der Waals surface area contributed by atoms with Gasteiger partial charge in [-0.25, -0.2) is 21.9 Å². The first-order chi connectivity index (χ1) is 21.9. The fourth-order valence-corrected chi connectivity index (χ4v) is 7.93. The van der Waals surface area contributed by atoms with Crippen LogP contribution in [-0.2, 0) is 34.1 Å². The Morgan fingerprint density at radius 3 is 2.48 bits per heavy atom. The predicted molar refractivity (Wildman–Crippen MR) is 174 cm³/mol. The third-order valence-corrected chi connectivity index (χ3v) is 11.0. The first-order valence-electron chi connectivity index (χ1n) is 16.1. The van der Waals surface area contributed by atoms with Crippen LogP contribution >= 0.6 is 0 Å². The quantitative estimate of drug-likeness (QED) is 0.420. The van der Waals surface area contributed by atoms with Crippen molar-refractivity contribution in [3.63, 3.8) is 0 Å². The summed E-state index contributed by atoms with van der Waals surface area (Å²) in [6, 6.07) is 7.54. The molecule has 14 heteroatoms. The topological polar surface area (TPSA) is 119 Å². The number of hydrogen-bond acceptors (Lipinski definition) is 9. The average molecular weight is 661 g/mol. The molecular weight excluding hydrogens is 618 g/mol. The first kappa shape index (κ1) is 32.6. The Balaban J connectivity index is 1.42. The van der Waals surface area contributed by atoms with Gasteiger partial charge in [-0.2, -0.15) is 5.10 Å². The second kappa shape index (κ2) is 13.0. The van der Waals surface area contributed by atoms with E-state index in [1.54, 1.807) is 23.1 Å². The van der Waals surface area contributed by atoms with Crippen LogP contribution in [0.5, 0.6) is 0 Å².